The molecule has 1 aromatic heterocycles. The lowest BCUT2D eigenvalue weighted by atomic mass is 10.2. The Hall–Kier alpha value is -1.03. The monoisotopic (exact) mass is 239 g/mol. The number of aromatic carboxylic acids is 1. The quantitative estimate of drug-likeness (QED) is 0.858. The van der Waals surface area contributed by atoms with Crippen LogP contribution in [0, 0.1) is 5.92 Å². The summed E-state index contributed by atoms with van der Waals surface area (Å²) in [6.07, 6.45) is 2.64. The molecular weight excluding hydrogens is 222 g/mol. The van der Waals surface area contributed by atoms with Gasteiger partial charge in [0.25, 0.3) is 0 Å². The van der Waals surface area contributed by atoms with E-state index in [1.807, 2.05) is 5.38 Å². The van der Waals surface area contributed by atoms with Crippen LogP contribution in [0.25, 0.3) is 0 Å². The SMILES string of the molecule is CC(C)N(CC1CC1)c1csc(C(=O)O)c1. The molecular formula is C12H17NO2S. The molecule has 0 radical (unpaired) electrons. The van der Waals surface area contributed by atoms with Gasteiger partial charge in [0.15, 0.2) is 0 Å². The Labute approximate surface area is 99.7 Å². The van der Waals surface area contributed by atoms with Gasteiger partial charge in [-0.3, -0.25) is 0 Å². The molecule has 4 heteroatoms. The molecule has 0 aliphatic heterocycles. The van der Waals surface area contributed by atoms with Crippen molar-refractivity contribution in [2.24, 2.45) is 5.92 Å². The number of hydrogen-bond donors (Lipinski definition) is 1. The zero-order chi connectivity index (χ0) is 11.7. The van der Waals surface area contributed by atoms with E-state index in [0.717, 1.165) is 18.2 Å². The van der Waals surface area contributed by atoms with Crippen molar-refractivity contribution >= 4 is 23.0 Å². The first-order valence-corrected chi connectivity index (χ1v) is 6.54. The molecule has 0 spiro atoms. The second-order valence-corrected chi connectivity index (χ2v) is 5.58. The number of anilines is 1. The summed E-state index contributed by atoms with van der Waals surface area (Å²) < 4.78 is 0. The number of hydrogen-bond acceptors (Lipinski definition) is 3. The molecule has 1 fully saturated rings. The van der Waals surface area contributed by atoms with Crippen molar-refractivity contribution in [2.45, 2.75) is 32.7 Å². The molecule has 16 heavy (non-hydrogen) atoms. The number of carboxylic acids is 1. The van der Waals surface area contributed by atoms with Crippen molar-refractivity contribution in [3.63, 3.8) is 0 Å². The lowest BCUT2D eigenvalue weighted by molar-refractivity contribution is 0.0702. The zero-order valence-electron chi connectivity index (χ0n) is 9.64. The molecule has 0 aromatic carbocycles. The second kappa shape index (κ2) is 4.45. The third-order valence-electron chi connectivity index (χ3n) is 2.90. The third kappa shape index (κ3) is 2.55. The van der Waals surface area contributed by atoms with Crippen molar-refractivity contribution in [1.29, 1.82) is 0 Å². The van der Waals surface area contributed by atoms with E-state index in [4.69, 9.17) is 5.11 Å². The van der Waals surface area contributed by atoms with Crippen molar-refractivity contribution in [1.82, 2.24) is 0 Å². The first-order valence-electron chi connectivity index (χ1n) is 5.66. The van der Waals surface area contributed by atoms with Gasteiger partial charge < -0.3 is 10.0 Å². The van der Waals surface area contributed by atoms with E-state index in [1.165, 1.54) is 24.2 Å². The van der Waals surface area contributed by atoms with Gasteiger partial charge in [-0.05, 0) is 38.7 Å². The summed E-state index contributed by atoms with van der Waals surface area (Å²) in [5.74, 6) is -0.0121. The highest BCUT2D eigenvalue weighted by molar-refractivity contribution is 7.12. The number of carboxylic acid groups (broad SMARTS) is 1. The van der Waals surface area contributed by atoms with E-state index in [2.05, 4.69) is 18.7 Å². The van der Waals surface area contributed by atoms with Gasteiger partial charge in [-0.15, -0.1) is 11.3 Å². The van der Waals surface area contributed by atoms with Crippen LogP contribution >= 0.6 is 11.3 Å². The van der Waals surface area contributed by atoms with Crippen molar-refractivity contribution in [3.8, 4) is 0 Å². The molecule has 0 amide bonds. The van der Waals surface area contributed by atoms with Crippen molar-refractivity contribution < 1.29 is 9.90 Å². The molecule has 1 aromatic rings. The predicted octanol–water partition coefficient (Wildman–Crippen LogP) is 3.07. The highest BCUT2D eigenvalue weighted by Crippen LogP contribution is 2.33. The normalized spacial score (nSPS) is 15.4. The molecule has 0 bridgehead atoms. The van der Waals surface area contributed by atoms with Crippen molar-refractivity contribution in [2.75, 3.05) is 11.4 Å². The van der Waals surface area contributed by atoms with Gasteiger partial charge in [-0.25, -0.2) is 4.79 Å². The molecule has 1 saturated carbocycles. The Balaban J connectivity index is 2.13. The van der Waals surface area contributed by atoms with Crippen LogP contribution in [0.4, 0.5) is 5.69 Å². The van der Waals surface area contributed by atoms with E-state index in [-0.39, 0.29) is 0 Å². The van der Waals surface area contributed by atoms with Gasteiger partial charge >= 0.3 is 5.97 Å². The Morgan fingerprint density at radius 1 is 1.62 bits per heavy atom. The molecule has 1 aliphatic rings. The zero-order valence-corrected chi connectivity index (χ0v) is 10.5. The minimum Gasteiger partial charge on any atom is -0.477 e. The lowest BCUT2D eigenvalue weighted by Gasteiger charge is -2.27. The first kappa shape index (κ1) is 11.5. The fourth-order valence-corrected chi connectivity index (χ4v) is 2.52. The number of rotatable bonds is 5. The Kier molecular flexibility index (Phi) is 3.19. The minimum atomic E-state index is -0.827. The standard InChI is InChI=1S/C12H17NO2S/c1-8(2)13(6-9-3-4-9)10-5-11(12(14)15)16-7-10/h5,7-9H,3-4,6H2,1-2H3,(H,14,15). The van der Waals surface area contributed by atoms with Gasteiger partial charge in [0.2, 0.25) is 0 Å². The third-order valence-corrected chi connectivity index (χ3v) is 3.81. The van der Waals surface area contributed by atoms with Crippen LogP contribution in [0.15, 0.2) is 11.4 Å². The molecule has 0 saturated heterocycles. The predicted molar refractivity (Wildman–Crippen MR) is 66.5 cm³/mol. The minimum absolute atomic E-state index is 0.427. The Morgan fingerprint density at radius 2 is 2.31 bits per heavy atom. The number of nitrogens with zero attached hydrogens (tertiary/aromatic N) is 1. The van der Waals surface area contributed by atoms with Gasteiger partial charge in [-0.2, -0.15) is 0 Å². The molecule has 0 unspecified atom stereocenters. The summed E-state index contributed by atoms with van der Waals surface area (Å²) in [5.41, 5.74) is 1.06. The Bertz CT molecular complexity index is 382. The summed E-state index contributed by atoms with van der Waals surface area (Å²) in [5, 5.41) is 10.9. The fraction of sp³-hybridized carbons (Fsp3) is 0.583. The van der Waals surface area contributed by atoms with Crippen LogP contribution in [0.2, 0.25) is 0 Å². The second-order valence-electron chi connectivity index (χ2n) is 4.66. The van der Waals surface area contributed by atoms with Crippen LogP contribution in [-0.2, 0) is 0 Å². The van der Waals surface area contributed by atoms with Crippen LogP contribution in [-0.4, -0.2) is 23.7 Å². The average molecular weight is 239 g/mol. The topological polar surface area (TPSA) is 40.5 Å². The highest BCUT2D eigenvalue weighted by atomic mass is 32.1. The van der Waals surface area contributed by atoms with Crippen LogP contribution in [0.5, 0.6) is 0 Å². The van der Waals surface area contributed by atoms with E-state index in [1.54, 1.807) is 6.07 Å². The molecule has 1 aliphatic carbocycles. The maximum atomic E-state index is 10.8. The first-order chi connectivity index (χ1) is 7.58. The van der Waals surface area contributed by atoms with Crippen LogP contribution < -0.4 is 4.90 Å². The van der Waals surface area contributed by atoms with E-state index in [0.29, 0.717) is 10.9 Å². The fourth-order valence-electron chi connectivity index (χ4n) is 1.78. The van der Waals surface area contributed by atoms with Crippen LogP contribution in [0.3, 0.4) is 0 Å². The van der Waals surface area contributed by atoms with Gasteiger partial charge in [0, 0.05) is 23.7 Å². The molecule has 2 rings (SSSR count). The molecule has 88 valence electrons. The number of thiophene rings is 1. The van der Waals surface area contributed by atoms with E-state index >= 15 is 0 Å². The molecule has 3 nitrogen and oxygen atoms in total. The van der Waals surface area contributed by atoms with E-state index < -0.39 is 5.97 Å². The maximum Gasteiger partial charge on any atom is 0.345 e. The van der Waals surface area contributed by atoms with Crippen molar-refractivity contribution in [3.05, 3.63) is 16.3 Å². The average Bonchev–Trinajstić information content (AvgIpc) is 2.89. The molecule has 0 atom stereocenters. The maximum absolute atomic E-state index is 10.8. The summed E-state index contributed by atoms with van der Waals surface area (Å²) in [7, 11) is 0. The van der Waals surface area contributed by atoms with Gasteiger partial charge in [0.05, 0.1) is 0 Å². The molecule has 1 N–H and O–H groups in total. The highest BCUT2D eigenvalue weighted by Gasteiger charge is 2.26. The summed E-state index contributed by atoms with van der Waals surface area (Å²) in [6.45, 7) is 5.37. The summed E-state index contributed by atoms with van der Waals surface area (Å²) >= 11 is 1.31. The number of carbonyl (C=O) groups is 1. The summed E-state index contributed by atoms with van der Waals surface area (Å²) in [4.78, 5) is 13.6. The largest absolute Gasteiger partial charge is 0.477 e. The van der Waals surface area contributed by atoms with Gasteiger partial charge in [0.1, 0.15) is 4.88 Å². The lowest BCUT2D eigenvalue weighted by Crippen LogP contribution is -2.32. The van der Waals surface area contributed by atoms with Crippen LogP contribution in [0.1, 0.15) is 36.4 Å². The molecule has 1 heterocycles. The van der Waals surface area contributed by atoms with Gasteiger partial charge in [-0.1, -0.05) is 0 Å². The Morgan fingerprint density at radius 3 is 2.75 bits per heavy atom. The van der Waals surface area contributed by atoms with E-state index in [9.17, 15) is 4.79 Å². The summed E-state index contributed by atoms with van der Waals surface area (Å²) in [6, 6.07) is 2.21. The smallest absolute Gasteiger partial charge is 0.345 e.